The molecule has 1 unspecified atom stereocenters. The first-order valence-corrected chi connectivity index (χ1v) is 12.8. The molecule has 0 N–H and O–H groups in total. The molecule has 1 atom stereocenters. The average molecular weight is 540 g/mol. The van der Waals surface area contributed by atoms with E-state index in [9.17, 15) is 18.0 Å². The van der Waals surface area contributed by atoms with Gasteiger partial charge in [0.05, 0.1) is 0 Å². The molecule has 37 heavy (non-hydrogen) atoms. The van der Waals surface area contributed by atoms with E-state index in [1.807, 2.05) is 0 Å². The number of ketones is 1. The molecule has 0 fully saturated rings. The molecule has 1 aliphatic carbocycles. The molecule has 0 spiro atoms. The van der Waals surface area contributed by atoms with E-state index in [0.29, 0.717) is 5.39 Å². The minimum Gasteiger partial charge on any atom is -0.296 e. The zero-order chi connectivity index (χ0) is 26.2. The first-order valence-electron chi connectivity index (χ1n) is 11.9. The summed E-state index contributed by atoms with van der Waals surface area (Å²) < 4.78 is 37.4. The van der Waals surface area contributed by atoms with Gasteiger partial charge in [-0.3, -0.25) is 9.78 Å². The molecular formula is C30H22Cl2F3NO. The number of pyridine rings is 1. The van der Waals surface area contributed by atoms with Crippen LogP contribution in [0.15, 0.2) is 85.1 Å². The average Bonchev–Trinajstić information content (AvgIpc) is 2.91. The lowest BCUT2D eigenvalue weighted by Gasteiger charge is -2.25. The second-order valence-corrected chi connectivity index (χ2v) is 10.2. The second kappa shape index (κ2) is 10.3. The van der Waals surface area contributed by atoms with Crippen molar-refractivity contribution in [3.05, 3.63) is 102 Å². The normalized spacial score (nSPS) is 15.5. The predicted octanol–water partition coefficient (Wildman–Crippen LogP) is 8.72. The Balaban J connectivity index is 0.000000171. The third-order valence-electron chi connectivity index (χ3n) is 6.90. The lowest BCUT2D eigenvalue weighted by atomic mass is 9.79. The number of benzene rings is 4. The van der Waals surface area contributed by atoms with Crippen molar-refractivity contribution < 1.29 is 18.0 Å². The van der Waals surface area contributed by atoms with Crippen LogP contribution in [0.25, 0.3) is 32.3 Å². The van der Waals surface area contributed by atoms with E-state index in [0.717, 1.165) is 19.3 Å². The molecular weight excluding hydrogens is 518 g/mol. The van der Waals surface area contributed by atoms with Crippen LogP contribution in [0.4, 0.5) is 13.2 Å². The minimum atomic E-state index is -4.39. The van der Waals surface area contributed by atoms with Crippen molar-refractivity contribution in [3.8, 4) is 0 Å². The maximum atomic E-state index is 12.5. The van der Waals surface area contributed by atoms with Crippen LogP contribution in [-0.2, 0) is 23.8 Å². The molecule has 4 aromatic carbocycles. The minimum absolute atomic E-state index is 0.0439. The highest BCUT2D eigenvalue weighted by Gasteiger charge is 2.34. The third kappa shape index (κ3) is 5.16. The van der Waals surface area contributed by atoms with Crippen LogP contribution in [-0.4, -0.2) is 15.6 Å². The fourth-order valence-electron chi connectivity index (χ4n) is 5.13. The van der Waals surface area contributed by atoms with Crippen LogP contribution in [0.5, 0.6) is 0 Å². The van der Waals surface area contributed by atoms with Gasteiger partial charge in [-0.1, -0.05) is 96.0 Å². The zero-order valence-electron chi connectivity index (χ0n) is 19.6. The first kappa shape index (κ1) is 25.5. The van der Waals surface area contributed by atoms with Crippen LogP contribution < -0.4 is 0 Å². The Morgan fingerprint density at radius 1 is 0.811 bits per heavy atom. The van der Waals surface area contributed by atoms with Crippen LogP contribution in [0.3, 0.4) is 0 Å². The summed E-state index contributed by atoms with van der Waals surface area (Å²) in [5.41, 5.74) is 1.81. The molecule has 5 aromatic rings. The lowest BCUT2D eigenvalue weighted by Crippen LogP contribution is -2.26. The van der Waals surface area contributed by atoms with Crippen molar-refractivity contribution in [2.75, 3.05) is 0 Å². The van der Waals surface area contributed by atoms with E-state index in [2.05, 4.69) is 53.5 Å². The van der Waals surface area contributed by atoms with Gasteiger partial charge in [-0.2, -0.15) is 13.2 Å². The quantitative estimate of drug-likeness (QED) is 0.166. The summed E-state index contributed by atoms with van der Waals surface area (Å²) in [5, 5.41) is 5.83. The van der Waals surface area contributed by atoms with Gasteiger partial charge >= 0.3 is 6.18 Å². The number of aryl methyl sites for hydroxylation is 1. The zero-order valence-corrected chi connectivity index (χ0v) is 21.1. The second-order valence-electron chi connectivity index (χ2n) is 9.11. The number of alkyl halides is 5. The van der Waals surface area contributed by atoms with Gasteiger partial charge in [-0.15, -0.1) is 0 Å². The Kier molecular flexibility index (Phi) is 7.11. The van der Waals surface area contributed by atoms with Gasteiger partial charge in [0.1, 0.15) is 0 Å². The Labute approximate surface area is 222 Å². The van der Waals surface area contributed by atoms with Crippen molar-refractivity contribution in [2.45, 2.75) is 30.3 Å². The number of hydrogen-bond donors (Lipinski definition) is 0. The van der Waals surface area contributed by atoms with Crippen LogP contribution in [0, 0.1) is 5.92 Å². The standard InChI is InChI=1S/C20H16Cl2O.C10H6F3N/c21-20(22)19(23)14-7-8-16-13(11-14)6-10-17-15-4-2-1-3-12(15)5-9-18(16)17;11-10(12,13)9-8-4-2-1-3-7(8)5-6-14-9/h1-6,9-10,14,20H,7-8,11H2;1-6H. The van der Waals surface area contributed by atoms with Crippen molar-refractivity contribution >= 4 is 61.3 Å². The number of rotatable bonds is 2. The number of fused-ring (bicyclic) bond motifs is 6. The molecule has 6 rings (SSSR count). The van der Waals surface area contributed by atoms with Gasteiger partial charge in [0.25, 0.3) is 0 Å². The number of halogens is 5. The van der Waals surface area contributed by atoms with E-state index in [1.54, 1.807) is 24.3 Å². The number of carbonyl (C=O) groups is 1. The fraction of sp³-hybridized carbons (Fsp3) is 0.200. The number of carbonyl (C=O) groups excluding carboxylic acids is 1. The summed E-state index contributed by atoms with van der Waals surface area (Å²) in [7, 11) is 0. The Morgan fingerprint density at radius 3 is 2.16 bits per heavy atom. The predicted molar refractivity (Wildman–Crippen MR) is 144 cm³/mol. The van der Waals surface area contributed by atoms with Crippen LogP contribution in [0.1, 0.15) is 23.2 Å². The molecule has 0 saturated heterocycles. The highest BCUT2D eigenvalue weighted by molar-refractivity contribution is 6.53. The largest absolute Gasteiger partial charge is 0.433 e. The van der Waals surface area contributed by atoms with Crippen molar-refractivity contribution in [1.82, 2.24) is 4.98 Å². The van der Waals surface area contributed by atoms with Gasteiger partial charge < -0.3 is 0 Å². The van der Waals surface area contributed by atoms with E-state index in [4.69, 9.17) is 23.2 Å². The van der Waals surface area contributed by atoms with Gasteiger partial charge in [-0.05, 0) is 63.4 Å². The number of hydrogen-bond acceptors (Lipinski definition) is 2. The SMILES string of the molecule is FC(F)(F)c1nccc2ccccc12.O=C(C(Cl)Cl)C1CCc2c(ccc3c2ccc2ccccc23)C1. The summed E-state index contributed by atoms with van der Waals surface area (Å²) in [6.45, 7) is 0. The van der Waals surface area contributed by atoms with E-state index < -0.39 is 16.7 Å². The summed E-state index contributed by atoms with van der Waals surface area (Å²) in [5.74, 6) is -0.0991. The molecule has 1 aromatic heterocycles. The summed E-state index contributed by atoms with van der Waals surface area (Å²) in [4.78, 5) is 14.5. The van der Waals surface area contributed by atoms with Crippen molar-refractivity contribution in [2.24, 2.45) is 5.92 Å². The molecule has 1 heterocycles. The number of nitrogens with zero attached hydrogens (tertiary/aromatic N) is 1. The molecule has 2 nitrogen and oxygen atoms in total. The fourth-order valence-corrected chi connectivity index (χ4v) is 5.49. The maximum absolute atomic E-state index is 12.5. The van der Waals surface area contributed by atoms with Crippen molar-refractivity contribution in [3.63, 3.8) is 0 Å². The number of Topliss-reactive ketones (excluding diaryl/α,β-unsaturated/α-hetero) is 1. The van der Waals surface area contributed by atoms with Gasteiger partial charge in [-0.25, -0.2) is 0 Å². The van der Waals surface area contributed by atoms with Gasteiger partial charge in [0.2, 0.25) is 0 Å². The molecule has 0 radical (unpaired) electrons. The molecule has 0 aliphatic heterocycles. The highest BCUT2D eigenvalue weighted by Crippen LogP contribution is 2.36. The third-order valence-corrected chi connectivity index (χ3v) is 7.33. The van der Waals surface area contributed by atoms with Crippen molar-refractivity contribution in [1.29, 1.82) is 0 Å². The monoisotopic (exact) mass is 539 g/mol. The lowest BCUT2D eigenvalue weighted by molar-refractivity contribution is -0.139. The molecule has 188 valence electrons. The van der Waals surface area contributed by atoms with Gasteiger partial charge in [0, 0.05) is 17.5 Å². The topological polar surface area (TPSA) is 30.0 Å². The summed E-state index contributed by atoms with van der Waals surface area (Å²) in [6, 6.07) is 25.1. The van der Waals surface area contributed by atoms with Crippen LogP contribution >= 0.6 is 23.2 Å². The van der Waals surface area contributed by atoms with Gasteiger partial charge in [0.15, 0.2) is 16.3 Å². The molecule has 0 saturated carbocycles. The molecule has 0 bridgehead atoms. The first-order chi connectivity index (χ1) is 17.7. The molecule has 1 aliphatic rings. The summed E-state index contributed by atoms with van der Waals surface area (Å²) >= 11 is 11.5. The Bertz CT molecular complexity index is 1610. The maximum Gasteiger partial charge on any atom is 0.433 e. The van der Waals surface area contributed by atoms with E-state index in [1.165, 1.54) is 44.9 Å². The molecule has 0 amide bonds. The summed E-state index contributed by atoms with van der Waals surface area (Å²) in [6.07, 6.45) is -0.742. The van der Waals surface area contributed by atoms with E-state index >= 15 is 0 Å². The Morgan fingerprint density at radius 2 is 1.46 bits per heavy atom. The van der Waals surface area contributed by atoms with Crippen LogP contribution in [0.2, 0.25) is 0 Å². The van der Waals surface area contributed by atoms with E-state index in [-0.39, 0.29) is 17.1 Å². The smallest absolute Gasteiger partial charge is 0.296 e. The Hall–Kier alpha value is -3.15. The molecule has 7 heteroatoms. The number of aromatic nitrogens is 1. The highest BCUT2D eigenvalue weighted by atomic mass is 35.5.